The van der Waals surface area contributed by atoms with Gasteiger partial charge in [-0.05, 0) is 82.3 Å². The maximum absolute atomic E-state index is 12.4. The molecule has 2 aliphatic rings. The Bertz CT molecular complexity index is 797. The summed E-state index contributed by atoms with van der Waals surface area (Å²) in [6.45, 7) is 5.42. The predicted molar refractivity (Wildman–Crippen MR) is 110 cm³/mol. The van der Waals surface area contributed by atoms with Crippen LogP contribution in [0.5, 0.6) is 0 Å². The first-order chi connectivity index (χ1) is 12.7. The number of oxime groups is 1. The van der Waals surface area contributed by atoms with Crippen molar-refractivity contribution in [2.24, 2.45) is 17.0 Å². The van der Waals surface area contributed by atoms with Crippen LogP contribution < -0.4 is 0 Å². The summed E-state index contributed by atoms with van der Waals surface area (Å²) in [7, 11) is -3.01. The number of nitrogens with zero attached hydrogens (tertiary/aromatic N) is 1. The summed E-state index contributed by atoms with van der Waals surface area (Å²) >= 11 is 0. The van der Waals surface area contributed by atoms with Crippen molar-refractivity contribution in [3.63, 3.8) is 0 Å². The van der Waals surface area contributed by atoms with Gasteiger partial charge in [-0.25, -0.2) is 8.42 Å². The number of fused-ring (bicyclic) bond motifs is 1. The Hall–Kier alpha value is -1.36. The van der Waals surface area contributed by atoms with E-state index < -0.39 is 14.6 Å². The van der Waals surface area contributed by atoms with E-state index in [1.807, 2.05) is 0 Å². The van der Waals surface area contributed by atoms with Crippen LogP contribution in [0.4, 0.5) is 0 Å². The molecule has 1 saturated carbocycles. The van der Waals surface area contributed by atoms with Crippen LogP contribution in [0.25, 0.3) is 0 Å². The van der Waals surface area contributed by atoms with Crippen molar-refractivity contribution in [3.05, 3.63) is 34.9 Å². The molecule has 4 nitrogen and oxygen atoms in total. The second-order valence-corrected chi connectivity index (χ2v) is 12.1. The first-order valence-electron chi connectivity index (χ1n) is 10.2. The molecule has 1 aromatic rings. The van der Waals surface area contributed by atoms with Gasteiger partial charge >= 0.3 is 0 Å². The zero-order valence-corrected chi connectivity index (χ0v) is 17.7. The zero-order valence-electron chi connectivity index (χ0n) is 16.9. The fraction of sp³-hybridized carbons (Fsp3) is 0.682. The van der Waals surface area contributed by atoms with Crippen LogP contribution in [0.15, 0.2) is 23.4 Å². The lowest BCUT2D eigenvalue weighted by molar-refractivity contribution is 0.278. The predicted octanol–water partition coefficient (Wildman–Crippen LogP) is 4.76. The van der Waals surface area contributed by atoms with Crippen molar-refractivity contribution in [1.82, 2.24) is 0 Å². The number of sulfone groups is 1. The molecule has 0 bridgehead atoms. The molecule has 0 aliphatic heterocycles. The Kier molecular flexibility index (Phi) is 5.99. The van der Waals surface area contributed by atoms with E-state index in [1.54, 1.807) is 20.8 Å². The van der Waals surface area contributed by atoms with E-state index >= 15 is 0 Å². The summed E-state index contributed by atoms with van der Waals surface area (Å²) < 4.78 is 24.2. The van der Waals surface area contributed by atoms with Crippen molar-refractivity contribution in [2.45, 2.75) is 76.9 Å². The Morgan fingerprint density at radius 3 is 2.37 bits per heavy atom. The standard InChI is InChI=1S/C22H33NO3S/c1-22(2,3)27(25,26)15-18-8-5-16(6-9-18)4-7-17-10-12-20-19(14-17)11-13-21(20)23-24/h10,12,14,16,18,24H,4-9,11,13,15H2,1-3H3. The van der Waals surface area contributed by atoms with E-state index in [4.69, 9.17) is 5.21 Å². The van der Waals surface area contributed by atoms with Gasteiger partial charge in [0.2, 0.25) is 0 Å². The summed E-state index contributed by atoms with van der Waals surface area (Å²) in [5, 5.41) is 12.4. The second-order valence-electron chi connectivity index (χ2n) is 9.36. The van der Waals surface area contributed by atoms with Gasteiger partial charge < -0.3 is 5.21 Å². The van der Waals surface area contributed by atoms with E-state index in [-0.39, 0.29) is 0 Å². The van der Waals surface area contributed by atoms with E-state index in [0.29, 0.717) is 17.6 Å². The monoisotopic (exact) mass is 391 g/mol. The topological polar surface area (TPSA) is 66.7 Å². The van der Waals surface area contributed by atoms with Gasteiger partial charge in [0.15, 0.2) is 9.84 Å². The van der Waals surface area contributed by atoms with Crippen molar-refractivity contribution in [3.8, 4) is 0 Å². The molecule has 0 spiro atoms. The van der Waals surface area contributed by atoms with Crippen LogP contribution in [-0.4, -0.2) is 29.8 Å². The normalized spacial score (nSPS) is 24.9. The summed E-state index contributed by atoms with van der Waals surface area (Å²) in [5.41, 5.74) is 4.57. The van der Waals surface area contributed by atoms with Gasteiger partial charge in [0, 0.05) is 5.56 Å². The molecule has 1 N–H and O–H groups in total. The highest BCUT2D eigenvalue weighted by Crippen LogP contribution is 2.34. The molecular formula is C22H33NO3S. The quantitative estimate of drug-likeness (QED) is 0.581. The van der Waals surface area contributed by atoms with Gasteiger partial charge in [-0.2, -0.15) is 0 Å². The molecule has 2 aliphatic carbocycles. The van der Waals surface area contributed by atoms with E-state index in [2.05, 4.69) is 23.4 Å². The van der Waals surface area contributed by atoms with Gasteiger partial charge in [0.25, 0.3) is 0 Å². The Morgan fingerprint density at radius 2 is 1.74 bits per heavy atom. The molecule has 1 aromatic carbocycles. The van der Waals surface area contributed by atoms with Crippen LogP contribution in [0, 0.1) is 11.8 Å². The number of hydrogen-bond donors (Lipinski definition) is 1. The second kappa shape index (κ2) is 7.94. The van der Waals surface area contributed by atoms with E-state index in [0.717, 1.165) is 56.2 Å². The highest BCUT2D eigenvalue weighted by Gasteiger charge is 2.33. The highest BCUT2D eigenvalue weighted by atomic mass is 32.2. The van der Waals surface area contributed by atoms with Crippen LogP contribution in [0.3, 0.4) is 0 Å². The van der Waals surface area contributed by atoms with Crippen LogP contribution in [-0.2, 0) is 22.7 Å². The summed E-state index contributed by atoms with van der Waals surface area (Å²) in [4.78, 5) is 0. The minimum atomic E-state index is -3.01. The number of rotatable bonds is 5. The van der Waals surface area contributed by atoms with Crippen molar-refractivity contribution >= 4 is 15.5 Å². The zero-order chi connectivity index (χ0) is 19.7. The molecule has 0 aromatic heterocycles. The number of aryl methyl sites for hydroxylation is 2. The SMILES string of the molecule is CC(C)(C)S(=O)(=O)CC1CCC(CCc2ccc3c(c2)CCC3=NO)CC1. The Labute approximate surface area is 164 Å². The minimum Gasteiger partial charge on any atom is -0.411 e. The Balaban J connectivity index is 1.48. The molecule has 3 rings (SSSR count). The van der Waals surface area contributed by atoms with Crippen molar-refractivity contribution in [1.29, 1.82) is 0 Å². The van der Waals surface area contributed by atoms with Gasteiger partial charge in [0.05, 0.1) is 16.2 Å². The largest absolute Gasteiger partial charge is 0.411 e. The molecule has 0 heterocycles. The molecule has 0 unspecified atom stereocenters. The molecule has 1 fully saturated rings. The van der Waals surface area contributed by atoms with Crippen LogP contribution in [0.1, 0.15) is 76.0 Å². The van der Waals surface area contributed by atoms with Crippen LogP contribution in [0.2, 0.25) is 0 Å². The molecular weight excluding hydrogens is 358 g/mol. The van der Waals surface area contributed by atoms with Crippen LogP contribution >= 0.6 is 0 Å². The third-order valence-electron chi connectivity index (χ3n) is 6.43. The van der Waals surface area contributed by atoms with E-state index in [9.17, 15) is 8.42 Å². The smallest absolute Gasteiger partial charge is 0.155 e. The lowest BCUT2D eigenvalue weighted by Crippen LogP contribution is -2.34. The number of benzene rings is 1. The molecule has 0 amide bonds. The van der Waals surface area contributed by atoms with Gasteiger partial charge in [-0.15, -0.1) is 0 Å². The molecule has 0 radical (unpaired) electrons. The minimum absolute atomic E-state index is 0.335. The van der Waals surface area contributed by atoms with Crippen molar-refractivity contribution in [2.75, 3.05) is 5.75 Å². The maximum atomic E-state index is 12.4. The number of hydrogen-bond acceptors (Lipinski definition) is 4. The van der Waals surface area contributed by atoms with E-state index in [1.165, 1.54) is 17.5 Å². The summed E-state index contributed by atoms with van der Waals surface area (Å²) in [6.07, 6.45) is 8.44. The molecule has 0 atom stereocenters. The molecule has 27 heavy (non-hydrogen) atoms. The fourth-order valence-electron chi connectivity index (χ4n) is 4.40. The lowest BCUT2D eigenvalue weighted by Gasteiger charge is -2.30. The van der Waals surface area contributed by atoms with Gasteiger partial charge in [0.1, 0.15) is 0 Å². The third-order valence-corrected chi connectivity index (χ3v) is 9.20. The molecule has 5 heteroatoms. The van der Waals surface area contributed by atoms with Gasteiger partial charge in [-0.3, -0.25) is 0 Å². The summed E-state index contributed by atoms with van der Waals surface area (Å²) in [6, 6.07) is 6.53. The van der Waals surface area contributed by atoms with Crippen molar-refractivity contribution < 1.29 is 13.6 Å². The summed E-state index contributed by atoms with van der Waals surface area (Å²) in [5.74, 6) is 1.39. The third kappa shape index (κ3) is 4.74. The first-order valence-corrected chi connectivity index (χ1v) is 11.9. The average molecular weight is 392 g/mol. The molecule has 0 saturated heterocycles. The molecule has 150 valence electrons. The first kappa shape index (κ1) is 20.4. The highest BCUT2D eigenvalue weighted by molar-refractivity contribution is 7.92. The Morgan fingerprint density at radius 1 is 1.07 bits per heavy atom. The maximum Gasteiger partial charge on any atom is 0.155 e. The lowest BCUT2D eigenvalue weighted by atomic mass is 9.80. The average Bonchev–Trinajstić information content (AvgIpc) is 3.02. The fourth-order valence-corrected chi connectivity index (χ4v) is 5.85. The van der Waals surface area contributed by atoms with Gasteiger partial charge in [-0.1, -0.05) is 36.2 Å².